The van der Waals surface area contributed by atoms with Gasteiger partial charge in [-0.25, -0.2) is 0 Å². The number of nitrogens with one attached hydrogen (secondary N) is 1. The van der Waals surface area contributed by atoms with Gasteiger partial charge in [0.15, 0.2) is 0 Å². The van der Waals surface area contributed by atoms with E-state index in [4.69, 9.17) is 0 Å². The summed E-state index contributed by atoms with van der Waals surface area (Å²) in [6.45, 7) is 6.16. The molecule has 2 nitrogen and oxygen atoms in total. The minimum absolute atomic E-state index is 0.389. The molecule has 1 N–H and O–H groups in total. The lowest BCUT2D eigenvalue weighted by Crippen LogP contribution is -2.15. The molecule has 72 valence electrons. The highest BCUT2D eigenvalue weighted by atomic mass is 32.1. The van der Waals surface area contributed by atoms with E-state index in [1.807, 2.05) is 18.8 Å². The average molecular weight is 196 g/mol. The third-order valence-corrected chi connectivity index (χ3v) is 3.03. The van der Waals surface area contributed by atoms with Gasteiger partial charge >= 0.3 is 0 Å². The van der Waals surface area contributed by atoms with E-state index in [1.165, 1.54) is 10.5 Å². The lowest BCUT2D eigenvalue weighted by atomic mass is 10.1. The fourth-order valence-corrected chi connectivity index (χ4v) is 1.91. The molecular weight excluding hydrogens is 180 g/mol. The monoisotopic (exact) mass is 196 g/mol. The number of thiazole rings is 1. The van der Waals surface area contributed by atoms with Crippen LogP contribution in [-0.4, -0.2) is 12.0 Å². The third kappa shape index (κ3) is 2.94. The summed E-state index contributed by atoms with van der Waals surface area (Å²) in [6.07, 6.45) is 3.99. The molecule has 0 spiro atoms. The quantitative estimate of drug-likeness (QED) is 0.732. The Bertz CT molecular complexity index is 254. The van der Waals surface area contributed by atoms with Gasteiger partial charge in [0, 0.05) is 17.1 Å². The van der Waals surface area contributed by atoms with Crippen LogP contribution in [0.5, 0.6) is 0 Å². The standard InChI is InChI=1S/C10H16N2S/c1-4-8(2)5-9(11-3)10-6-12-7-13-10/h6-7,9,11H,2,4-5H2,1,3H3. The van der Waals surface area contributed by atoms with Crippen molar-refractivity contribution in [3.8, 4) is 0 Å². The van der Waals surface area contributed by atoms with Crippen LogP contribution in [0.2, 0.25) is 0 Å². The summed E-state index contributed by atoms with van der Waals surface area (Å²) in [5, 5.41) is 3.28. The summed E-state index contributed by atoms with van der Waals surface area (Å²) in [5.74, 6) is 0. The molecule has 0 saturated heterocycles. The van der Waals surface area contributed by atoms with E-state index in [0.717, 1.165) is 12.8 Å². The van der Waals surface area contributed by atoms with Gasteiger partial charge in [0.05, 0.1) is 5.51 Å². The van der Waals surface area contributed by atoms with Gasteiger partial charge in [-0.05, 0) is 19.9 Å². The van der Waals surface area contributed by atoms with Crippen molar-refractivity contribution in [3.63, 3.8) is 0 Å². The van der Waals surface area contributed by atoms with Crippen LogP contribution in [0, 0.1) is 0 Å². The number of hydrogen-bond donors (Lipinski definition) is 1. The minimum Gasteiger partial charge on any atom is -0.312 e. The molecule has 1 heterocycles. The van der Waals surface area contributed by atoms with E-state index >= 15 is 0 Å². The Morgan fingerprint density at radius 3 is 3.00 bits per heavy atom. The van der Waals surface area contributed by atoms with E-state index in [9.17, 15) is 0 Å². The Morgan fingerprint density at radius 2 is 2.54 bits per heavy atom. The first-order chi connectivity index (χ1) is 6.27. The molecule has 1 aromatic rings. The summed E-state index contributed by atoms with van der Waals surface area (Å²) in [4.78, 5) is 5.36. The van der Waals surface area contributed by atoms with Crippen LogP contribution < -0.4 is 5.32 Å². The smallest absolute Gasteiger partial charge is 0.0794 e. The zero-order valence-electron chi connectivity index (χ0n) is 8.21. The van der Waals surface area contributed by atoms with Crippen LogP contribution in [0.1, 0.15) is 30.7 Å². The molecule has 13 heavy (non-hydrogen) atoms. The molecule has 1 unspecified atom stereocenters. The average Bonchev–Trinajstić information content (AvgIpc) is 2.66. The molecule has 3 heteroatoms. The highest BCUT2D eigenvalue weighted by molar-refractivity contribution is 7.09. The van der Waals surface area contributed by atoms with Crippen LogP contribution in [0.3, 0.4) is 0 Å². The largest absolute Gasteiger partial charge is 0.312 e. The zero-order chi connectivity index (χ0) is 9.68. The molecule has 1 atom stereocenters. The molecular formula is C10H16N2S. The molecule has 0 aliphatic rings. The van der Waals surface area contributed by atoms with Gasteiger partial charge in [0.1, 0.15) is 0 Å². The summed E-state index contributed by atoms with van der Waals surface area (Å²) in [6, 6.07) is 0.389. The van der Waals surface area contributed by atoms with Crippen LogP contribution in [0.15, 0.2) is 23.9 Å². The lowest BCUT2D eigenvalue weighted by Gasteiger charge is -2.14. The van der Waals surface area contributed by atoms with Gasteiger partial charge in [-0.1, -0.05) is 19.1 Å². The van der Waals surface area contributed by atoms with E-state index in [2.05, 4.69) is 23.8 Å². The number of aromatic nitrogens is 1. The summed E-state index contributed by atoms with van der Waals surface area (Å²) in [5.41, 5.74) is 3.15. The first-order valence-electron chi connectivity index (χ1n) is 4.50. The van der Waals surface area contributed by atoms with Gasteiger partial charge < -0.3 is 5.32 Å². The topological polar surface area (TPSA) is 24.9 Å². The fourth-order valence-electron chi connectivity index (χ4n) is 1.18. The highest BCUT2D eigenvalue weighted by Crippen LogP contribution is 2.23. The second kappa shape index (κ2) is 5.14. The molecule has 0 aromatic carbocycles. The molecule has 0 saturated carbocycles. The van der Waals surface area contributed by atoms with E-state index < -0.39 is 0 Å². The molecule has 0 bridgehead atoms. The Labute approximate surface area is 83.7 Å². The van der Waals surface area contributed by atoms with Crippen molar-refractivity contribution in [2.24, 2.45) is 0 Å². The highest BCUT2D eigenvalue weighted by Gasteiger charge is 2.10. The molecule has 1 rings (SSSR count). The van der Waals surface area contributed by atoms with E-state index in [0.29, 0.717) is 6.04 Å². The van der Waals surface area contributed by atoms with Crippen LogP contribution >= 0.6 is 11.3 Å². The van der Waals surface area contributed by atoms with E-state index in [1.54, 1.807) is 11.3 Å². The van der Waals surface area contributed by atoms with Gasteiger partial charge in [-0.2, -0.15) is 0 Å². The van der Waals surface area contributed by atoms with Crippen molar-refractivity contribution in [2.45, 2.75) is 25.8 Å². The Kier molecular flexibility index (Phi) is 4.12. The molecule has 0 fully saturated rings. The summed E-state index contributed by atoms with van der Waals surface area (Å²) >= 11 is 1.69. The normalized spacial score (nSPS) is 12.8. The lowest BCUT2D eigenvalue weighted by molar-refractivity contribution is 0.591. The second-order valence-electron chi connectivity index (χ2n) is 3.05. The fraction of sp³-hybridized carbons (Fsp3) is 0.500. The SMILES string of the molecule is C=C(CC)CC(NC)c1cncs1. The number of hydrogen-bond acceptors (Lipinski definition) is 3. The Hall–Kier alpha value is -0.670. The third-order valence-electron chi connectivity index (χ3n) is 2.14. The summed E-state index contributed by atoms with van der Waals surface area (Å²) in [7, 11) is 1.98. The molecule has 0 radical (unpaired) electrons. The van der Waals surface area contributed by atoms with Gasteiger partial charge in [-0.3, -0.25) is 4.98 Å². The molecule has 0 aliphatic carbocycles. The van der Waals surface area contributed by atoms with Crippen molar-refractivity contribution >= 4 is 11.3 Å². The van der Waals surface area contributed by atoms with Crippen molar-refractivity contribution in [1.29, 1.82) is 0 Å². The minimum atomic E-state index is 0.389. The maximum atomic E-state index is 4.07. The van der Waals surface area contributed by atoms with Crippen LogP contribution in [0.25, 0.3) is 0 Å². The Balaban J connectivity index is 2.58. The van der Waals surface area contributed by atoms with Gasteiger partial charge in [0.2, 0.25) is 0 Å². The second-order valence-corrected chi connectivity index (χ2v) is 3.97. The van der Waals surface area contributed by atoms with Crippen molar-refractivity contribution < 1.29 is 0 Å². The van der Waals surface area contributed by atoms with Crippen LogP contribution in [0.4, 0.5) is 0 Å². The van der Waals surface area contributed by atoms with Crippen LogP contribution in [-0.2, 0) is 0 Å². The zero-order valence-corrected chi connectivity index (χ0v) is 9.03. The van der Waals surface area contributed by atoms with E-state index in [-0.39, 0.29) is 0 Å². The number of rotatable bonds is 5. The predicted molar refractivity (Wildman–Crippen MR) is 58.0 cm³/mol. The van der Waals surface area contributed by atoms with Gasteiger partial charge in [-0.15, -0.1) is 11.3 Å². The predicted octanol–water partition coefficient (Wildman–Crippen LogP) is 2.76. The summed E-state index contributed by atoms with van der Waals surface area (Å²) < 4.78 is 0. The molecule has 0 amide bonds. The van der Waals surface area contributed by atoms with Crippen molar-refractivity contribution in [2.75, 3.05) is 7.05 Å². The van der Waals surface area contributed by atoms with Crippen molar-refractivity contribution in [1.82, 2.24) is 10.3 Å². The first-order valence-corrected chi connectivity index (χ1v) is 5.38. The molecule has 1 aromatic heterocycles. The number of nitrogens with zero attached hydrogens (tertiary/aromatic N) is 1. The maximum Gasteiger partial charge on any atom is 0.0794 e. The van der Waals surface area contributed by atoms with Gasteiger partial charge in [0.25, 0.3) is 0 Å². The Morgan fingerprint density at radius 1 is 1.77 bits per heavy atom. The maximum absolute atomic E-state index is 4.07. The van der Waals surface area contributed by atoms with Crippen molar-refractivity contribution in [3.05, 3.63) is 28.7 Å². The molecule has 0 aliphatic heterocycles. The first kappa shape index (κ1) is 10.4.